The van der Waals surface area contributed by atoms with Gasteiger partial charge in [0.25, 0.3) is 0 Å². The Bertz CT molecular complexity index is 667. The zero-order valence-electron chi connectivity index (χ0n) is 12.9. The van der Waals surface area contributed by atoms with Gasteiger partial charge in [0.15, 0.2) is 0 Å². The average Bonchev–Trinajstić information content (AvgIpc) is 2.95. The number of unbranched alkanes of at least 4 members (excludes halogenated alkanes) is 1. The van der Waals surface area contributed by atoms with Crippen LogP contribution in [0.3, 0.4) is 0 Å². The molecule has 118 valence electrons. The molecule has 1 N–H and O–H groups in total. The number of aryl methyl sites for hydroxylation is 1. The molecule has 0 saturated carbocycles. The maximum atomic E-state index is 11.2. The molecule has 6 nitrogen and oxygen atoms in total. The lowest BCUT2D eigenvalue weighted by molar-refractivity contribution is -0.141. The van der Waals surface area contributed by atoms with Crippen LogP contribution in [-0.4, -0.2) is 39.2 Å². The summed E-state index contributed by atoms with van der Waals surface area (Å²) in [6.45, 7) is 4.52. The van der Waals surface area contributed by atoms with Gasteiger partial charge >= 0.3 is 5.97 Å². The van der Waals surface area contributed by atoms with Crippen LogP contribution >= 0.6 is 0 Å². The minimum absolute atomic E-state index is 0.273. The number of benzene rings is 1. The third-order valence-corrected chi connectivity index (χ3v) is 4.36. The van der Waals surface area contributed by atoms with E-state index in [2.05, 4.69) is 28.2 Å². The lowest BCUT2D eigenvalue weighted by atomic mass is 9.98. The molecule has 2 heterocycles. The Hall–Kier alpha value is -2.11. The molecule has 1 unspecified atom stereocenters. The largest absolute Gasteiger partial charge is 0.481 e. The number of hydrogen-bond acceptors (Lipinski definition) is 4. The molecular formula is C16H22N4O2. The van der Waals surface area contributed by atoms with Crippen molar-refractivity contribution in [3.8, 4) is 0 Å². The molecule has 3 rings (SSSR count). The number of carboxylic acids is 1. The molecule has 1 atom stereocenters. The Balaban J connectivity index is 1.81. The van der Waals surface area contributed by atoms with E-state index in [9.17, 15) is 9.90 Å². The quantitative estimate of drug-likeness (QED) is 0.919. The van der Waals surface area contributed by atoms with Gasteiger partial charge in [0.1, 0.15) is 5.52 Å². The summed E-state index contributed by atoms with van der Waals surface area (Å²) < 4.78 is 1.94. The minimum atomic E-state index is -0.698. The molecule has 0 bridgehead atoms. The van der Waals surface area contributed by atoms with E-state index in [-0.39, 0.29) is 5.92 Å². The molecule has 2 aromatic rings. The van der Waals surface area contributed by atoms with Gasteiger partial charge in [-0.15, -0.1) is 5.10 Å². The normalized spacial score (nSPS) is 18.8. The Kier molecular flexibility index (Phi) is 4.27. The summed E-state index contributed by atoms with van der Waals surface area (Å²) in [5.41, 5.74) is 2.97. The molecular weight excluding hydrogens is 280 g/mol. The molecule has 1 aromatic heterocycles. The van der Waals surface area contributed by atoms with Crippen molar-refractivity contribution in [1.82, 2.24) is 15.0 Å². The average molecular weight is 302 g/mol. The molecule has 1 aromatic carbocycles. The van der Waals surface area contributed by atoms with Crippen LogP contribution in [0.25, 0.3) is 11.0 Å². The first kappa shape index (κ1) is 14.8. The van der Waals surface area contributed by atoms with E-state index in [0.29, 0.717) is 6.54 Å². The van der Waals surface area contributed by atoms with Crippen LogP contribution < -0.4 is 4.90 Å². The molecule has 0 amide bonds. The molecule has 0 spiro atoms. The van der Waals surface area contributed by atoms with Crippen LogP contribution in [0.15, 0.2) is 18.2 Å². The summed E-state index contributed by atoms with van der Waals surface area (Å²) >= 11 is 0. The standard InChI is InChI=1S/C16H22N4O2/c1-2-3-9-20-15-7-6-13(10-14(15)17-18-20)19-8-4-5-12(11-19)16(21)22/h6-7,10,12H,2-5,8-9,11H2,1H3,(H,21,22). The maximum absolute atomic E-state index is 11.2. The van der Waals surface area contributed by atoms with Gasteiger partial charge in [-0.1, -0.05) is 18.6 Å². The number of aliphatic carboxylic acids is 1. The van der Waals surface area contributed by atoms with Gasteiger partial charge in [0.2, 0.25) is 0 Å². The highest BCUT2D eigenvalue weighted by atomic mass is 16.4. The number of hydrogen-bond donors (Lipinski definition) is 1. The van der Waals surface area contributed by atoms with Gasteiger partial charge in [-0.3, -0.25) is 4.79 Å². The number of carboxylic acid groups (broad SMARTS) is 1. The van der Waals surface area contributed by atoms with Crippen molar-refractivity contribution in [2.45, 2.75) is 39.2 Å². The Labute approximate surface area is 129 Å². The zero-order chi connectivity index (χ0) is 15.5. The first-order valence-corrected chi connectivity index (χ1v) is 8.00. The highest BCUT2D eigenvalue weighted by Crippen LogP contribution is 2.26. The minimum Gasteiger partial charge on any atom is -0.481 e. The zero-order valence-corrected chi connectivity index (χ0v) is 12.9. The van der Waals surface area contributed by atoms with Crippen LogP contribution in [0.2, 0.25) is 0 Å². The van der Waals surface area contributed by atoms with E-state index in [1.165, 1.54) is 0 Å². The molecule has 1 fully saturated rings. The van der Waals surface area contributed by atoms with Crippen LogP contribution in [0.5, 0.6) is 0 Å². The van der Waals surface area contributed by atoms with Crippen molar-refractivity contribution in [3.05, 3.63) is 18.2 Å². The van der Waals surface area contributed by atoms with Gasteiger partial charge in [-0.05, 0) is 37.5 Å². The van der Waals surface area contributed by atoms with Crippen LogP contribution in [0.4, 0.5) is 5.69 Å². The number of rotatable bonds is 5. The van der Waals surface area contributed by atoms with E-state index >= 15 is 0 Å². The molecule has 22 heavy (non-hydrogen) atoms. The number of carbonyl (C=O) groups is 1. The number of nitrogens with zero attached hydrogens (tertiary/aromatic N) is 4. The van der Waals surface area contributed by atoms with Crippen molar-refractivity contribution >= 4 is 22.7 Å². The lowest BCUT2D eigenvalue weighted by Gasteiger charge is -2.32. The molecule has 0 radical (unpaired) electrons. The van der Waals surface area contributed by atoms with Crippen LogP contribution in [-0.2, 0) is 11.3 Å². The summed E-state index contributed by atoms with van der Waals surface area (Å²) in [5, 5.41) is 17.7. The number of aromatic nitrogens is 3. The van der Waals surface area contributed by atoms with Crippen molar-refractivity contribution in [2.75, 3.05) is 18.0 Å². The second-order valence-electron chi connectivity index (χ2n) is 5.96. The van der Waals surface area contributed by atoms with Gasteiger partial charge < -0.3 is 10.0 Å². The summed E-state index contributed by atoms with van der Waals surface area (Å²) in [6, 6.07) is 6.12. The highest BCUT2D eigenvalue weighted by Gasteiger charge is 2.25. The van der Waals surface area contributed by atoms with Gasteiger partial charge in [0, 0.05) is 25.3 Å². The lowest BCUT2D eigenvalue weighted by Crippen LogP contribution is -2.38. The summed E-state index contributed by atoms with van der Waals surface area (Å²) in [4.78, 5) is 13.3. The van der Waals surface area contributed by atoms with Crippen LogP contribution in [0.1, 0.15) is 32.6 Å². The molecule has 1 aliphatic rings. The van der Waals surface area contributed by atoms with Gasteiger partial charge in [0.05, 0.1) is 11.4 Å². The Morgan fingerprint density at radius 2 is 2.32 bits per heavy atom. The third-order valence-electron chi connectivity index (χ3n) is 4.36. The molecule has 1 saturated heterocycles. The van der Waals surface area contributed by atoms with Crippen molar-refractivity contribution in [2.24, 2.45) is 5.92 Å². The van der Waals surface area contributed by atoms with Crippen LogP contribution in [0, 0.1) is 5.92 Å². The number of anilines is 1. The topological polar surface area (TPSA) is 71.2 Å². The Morgan fingerprint density at radius 1 is 1.45 bits per heavy atom. The number of piperidine rings is 1. The van der Waals surface area contributed by atoms with E-state index in [0.717, 1.165) is 55.5 Å². The van der Waals surface area contributed by atoms with Crippen molar-refractivity contribution in [3.63, 3.8) is 0 Å². The van der Waals surface area contributed by atoms with E-state index in [1.807, 2.05) is 16.8 Å². The highest BCUT2D eigenvalue weighted by molar-refractivity contribution is 5.79. The molecule has 0 aliphatic carbocycles. The summed E-state index contributed by atoms with van der Waals surface area (Å²) in [7, 11) is 0. The fourth-order valence-corrected chi connectivity index (χ4v) is 3.04. The predicted molar refractivity (Wildman–Crippen MR) is 85.0 cm³/mol. The van der Waals surface area contributed by atoms with E-state index in [1.54, 1.807) is 0 Å². The monoisotopic (exact) mass is 302 g/mol. The maximum Gasteiger partial charge on any atom is 0.308 e. The molecule has 6 heteroatoms. The third kappa shape index (κ3) is 2.91. The first-order chi connectivity index (χ1) is 10.7. The summed E-state index contributed by atoms with van der Waals surface area (Å²) in [5.74, 6) is -0.971. The second-order valence-corrected chi connectivity index (χ2v) is 5.96. The van der Waals surface area contributed by atoms with Crippen molar-refractivity contribution < 1.29 is 9.90 Å². The Morgan fingerprint density at radius 3 is 3.09 bits per heavy atom. The number of fused-ring (bicyclic) bond motifs is 1. The van der Waals surface area contributed by atoms with Gasteiger partial charge in [-0.25, -0.2) is 4.68 Å². The van der Waals surface area contributed by atoms with E-state index in [4.69, 9.17) is 0 Å². The predicted octanol–water partition coefficient (Wildman–Crippen LogP) is 2.53. The van der Waals surface area contributed by atoms with Gasteiger partial charge in [-0.2, -0.15) is 0 Å². The summed E-state index contributed by atoms with van der Waals surface area (Å²) in [6.07, 6.45) is 3.90. The fraction of sp³-hybridized carbons (Fsp3) is 0.562. The second kappa shape index (κ2) is 6.34. The van der Waals surface area contributed by atoms with Crippen molar-refractivity contribution in [1.29, 1.82) is 0 Å². The fourth-order valence-electron chi connectivity index (χ4n) is 3.04. The smallest absolute Gasteiger partial charge is 0.308 e. The first-order valence-electron chi connectivity index (χ1n) is 8.00. The SMILES string of the molecule is CCCCn1nnc2cc(N3CCCC(C(=O)O)C3)ccc21. The molecule has 1 aliphatic heterocycles. The van der Waals surface area contributed by atoms with E-state index < -0.39 is 5.97 Å².